The van der Waals surface area contributed by atoms with Crippen molar-refractivity contribution in [2.45, 2.75) is 63.8 Å². The lowest BCUT2D eigenvalue weighted by Gasteiger charge is -2.34. The number of hydrogen-bond donors (Lipinski definition) is 1. The van der Waals surface area contributed by atoms with E-state index in [9.17, 15) is 18.0 Å². The van der Waals surface area contributed by atoms with Gasteiger partial charge in [-0.2, -0.15) is 5.10 Å². The van der Waals surface area contributed by atoms with E-state index in [2.05, 4.69) is 10.4 Å². The molecule has 2 saturated carbocycles. The third-order valence-corrected chi connectivity index (χ3v) is 5.92. The number of aromatic nitrogens is 2. The summed E-state index contributed by atoms with van der Waals surface area (Å²) in [4.78, 5) is 12.4. The molecule has 1 aromatic carbocycles. The fraction of sp³-hybridized carbons (Fsp3) is 0.524. The lowest BCUT2D eigenvalue weighted by molar-refractivity contribution is -0.129. The number of alkyl halides is 2. The normalized spacial score (nSPS) is 19.1. The standard InChI is InChI=1S/C21H24F3N3O/c1-13-19(16-3-2-4-16)20(25-18(28)9-15-10-21(23,24)11-15)26-27(13)12-14-5-7-17(22)8-6-14/h5-8,15-16H,2-4,9-12H2,1H3,(H,25,26,28). The van der Waals surface area contributed by atoms with Gasteiger partial charge in [-0.3, -0.25) is 9.48 Å². The highest BCUT2D eigenvalue weighted by Crippen LogP contribution is 2.45. The van der Waals surface area contributed by atoms with Gasteiger partial charge in [0.05, 0.1) is 6.54 Å². The van der Waals surface area contributed by atoms with E-state index in [1.165, 1.54) is 12.1 Å². The van der Waals surface area contributed by atoms with Crippen LogP contribution in [-0.2, 0) is 11.3 Å². The number of hydrogen-bond acceptors (Lipinski definition) is 2. The molecular weight excluding hydrogens is 367 g/mol. The Kier molecular flexibility index (Phi) is 4.93. The van der Waals surface area contributed by atoms with Crippen LogP contribution in [0.5, 0.6) is 0 Å². The van der Waals surface area contributed by atoms with Gasteiger partial charge in [0.2, 0.25) is 11.8 Å². The molecule has 1 aromatic heterocycles. The minimum Gasteiger partial charge on any atom is -0.309 e. The molecule has 28 heavy (non-hydrogen) atoms. The Hall–Kier alpha value is -2.31. The van der Waals surface area contributed by atoms with Gasteiger partial charge in [-0.15, -0.1) is 0 Å². The molecule has 2 aromatic rings. The predicted octanol–water partition coefficient (Wildman–Crippen LogP) is 5.02. The van der Waals surface area contributed by atoms with Gasteiger partial charge in [0.15, 0.2) is 5.82 Å². The Morgan fingerprint density at radius 1 is 1.25 bits per heavy atom. The Balaban J connectivity index is 1.50. The molecule has 0 saturated heterocycles. The van der Waals surface area contributed by atoms with E-state index in [1.807, 2.05) is 11.6 Å². The molecule has 0 aliphatic heterocycles. The zero-order chi connectivity index (χ0) is 19.9. The summed E-state index contributed by atoms with van der Waals surface area (Å²) in [6.45, 7) is 2.46. The number of amides is 1. The third kappa shape index (κ3) is 3.93. The van der Waals surface area contributed by atoms with Crippen LogP contribution in [-0.4, -0.2) is 21.6 Å². The number of benzene rings is 1. The molecular formula is C21H24F3N3O. The van der Waals surface area contributed by atoms with Gasteiger partial charge < -0.3 is 5.32 Å². The first-order chi connectivity index (χ1) is 13.3. The van der Waals surface area contributed by atoms with Gasteiger partial charge in [0, 0.05) is 30.5 Å². The number of carbonyl (C=O) groups excluding carboxylic acids is 1. The van der Waals surface area contributed by atoms with Crippen molar-refractivity contribution in [2.24, 2.45) is 5.92 Å². The van der Waals surface area contributed by atoms with Gasteiger partial charge >= 0.3 is 0 Å². The van der Waals surface area contributed by atoms with Crippen LogP contribution in [0.3, 0.4) is 0 Å². The molecule has 0 unspecified atom stereocenters. The minimum absolute atomic E-state index is 0.101. The van der Waals surface area contributed by atoms with Crippen molar-refractivity contribution in [3.8, 4) is 0 Å². The van der Waals surface area contributed by atoms with Crippen LogP contribution in [0.15, 0.2) is 24.3 Å². The topological polar surface area (TPSA) is 46.9 Å². The molecule has 1 amide bonds. The summed E-state index contributed by atoms with van der Waals surface area (Å²) in [6.07, 6.45) is 2.94. The van der Waals surface area contributed by atoms with Crippen LogP contribution in [0.4, 0.5) is 19.0 Å². The Morgan fingerprint density at radius 2 is 1.93 bits per heavy atom. The minimum atomic E-state index is -2.62. The zero-order valence-electron chi connectivity index (χ0n) is 15.9. The highest BCUT2D eigenvalue weighted by molar-refractivity contribution is 5.91. The van der Waals surface area contributed by atoms with E-state index < -0.39 is 5.92 Å². The summed E-state index contributed by atoms with van der Waals surface area (Å²) in [5.41, 5.74) is 2.95. The van der Waals surface area contributed by atoms with Crippen molar-refractivity contribution in [3.05, 3.63) is 46.9 Å². The van der Waals surface area contributed by atoms with Gasteiger partial charge in [0.25, 0.3) is 0 Å². The summed E-state index contributed by atoms with van der Waals surface area (Å²) in [6, 6.07) is 6.26. The number of nitrogens with zero attached hydrogens (tertiary/aromatic N) is 2. The molecule has 2 aliphatic rings. The highest BCUT2D eigenvalue weighted by atomic mass is 19.3. The predicted molar refractivity (Wildman–Crippen MR) is 100.0 cm³/mol. The van der Waals surface area contributed by atoms with Crippen molar-refractivity contribution < 1.29 is 18.0 Å². The number of carbonyl (C=O) groups is 1. The molecule has 1 heterocycles. The van der Waals surface area contributed by atoms with Crippen LogP contribution in [0, 0.1) is 18.7 Å². The molecule has 2 fully saturated rings. The Morgan fingerprint density at radius 3 is 2.50 bits per heavy atom. The maximum atomic E-state index is 13.1. The number of nitrogens with one attached hydrogen (secondary N) is 1. The first-order valence-corrected chi connectivity index (χ1v) is 9.80. The average molecular weight is 391 g/mol. The molecule has 4 nitrogen and oxygen atoms in total. The Labute approximate surface area is 162 Å². The smallest absolute Gasteiger partial charge is 0.248 e. The SMILES string of the molecule is Cc1c(C2CCC2)c(NC(=O)CC2CC(F)(F)C2)nn1Cc1ccc(F)cc1. The van der Waals surface area contributed by atoms with E-state index in [4.69, 9.17) is 0 Å². The Bertz CT molecular complexity index is 864. The van der Waals surface area contributed by atoms with Gasteiger partial charge in [-0.1, -0.05) is 18.6 Å². The van der Waals surface area contributed by atoms with E-state index in [1.54, 1.807) is 12.1 Å². The number of anilines is 1. The third-order valence-electron chi connectivity index (χ3n) is 5.92. The summed E-state index contributed by atoms with van der Waals surface area (Å²) in [7, 11) is 0. The molecule has 1 N–H and O–H groups in total. The van der Waals surface area contributed by atoms with E-state index in [-0.39, 0.29) is 36.9 Å². The molecule has 4 rings (SSSR count). The van der Waals surface area contributed by atoms with Crippen molar-refractivity contribution in [3.63, 3.8) is 0 Å². The highest BCUT2D eigenvalue weighted by Gasteiger charge is 2.45. The van der Waals surface area contributed by atoms with Crippen LogP contribution in [0.25, 0.3) is 0 Å². The van der Waals surface area contributed by atoms with E-state index >= 15 is 0 Å². The number of halogens is 3. The fourth-order valence-electron chi connectivity index (χ4n) is 4.13. The molecule has 0 atom stereocenters. The van der Waals surface area contributed by atoms with Crippen molar-refractivity contribution in [1.29, 1.82) is 0 Å². The summed E-state index contributed by atoms with van der Waals surface area (Å²) in [5.74, 6) is -2.51. The average Bonchev–Trinajstić information content (AvgIpc) is 2.83. The van der Waals surface area contributed by atoms with E-state index in [0.717, 1.165) is 36.1 Å². The molecule has 2 aliphatic carbocycles. The van der Waals surface area contributed by atoms with Gasteiger partial charge in [0.1, 0.15) is 5.82 Å². The fourth-order valence-corrected chi connectivity index (χ4v) is 4.13. The monoisotopic (exact) mass is 391 g/mol. The second-order valence-electron chi connectivity index (χ2n) is 8.14. The van der Waals surface area contributed by atoms with Crippen molar-refractivity contribution >= 4 is 11.7 Å². The second kappa shape index (κ2) is 7.26. The zero-order valence-corrected chi connectivity index (χ0v) is 15.9. The molecule has 7 heteroatoms. The summed E-state index contributed by atoms with van der Waals surface area (Å²) >= 11 is 0. The van der Waals surface area contributed by atoms with Crippen LogP contribution in [0.1, 0.15) is 61.3 Å². The molecule has 0 bridgehead atoms. The lowest BCUT2D eigenvalue weighted by atomic mass is 9.78. The first kappa shape index (κ1) is 19.0. The largest absolute Gasteiger partial charge is 0.309 e. The first-order valence-electron chi connectivity index (χ1n) is 9.80. The van der Waals surface area contributed by atoms with E-state index in [0.29, 0.717) is 18.3 Å². The quantitative estimate of drug-likeness (QED) is 0.752. The van der Waals surface area contributed by atoms with Gasteiger partial charge in [-0.05, 0) is 49.3 Å². The lowest BCUT2D eigenvalue weighted by Crippen LogP contribution is -2.37. The summed E-state index contributed by atoms with van der Waals surface area (Å²) in [5, 5.41) is 7.46. The summed E-state index contributed by atoms with van der Waals surface area (Å²) < 4.78 is 41.0. The van der Waals surface area contributed by atoms with Crippen molar-refractivity contribution in [2.75, 3.05) is 5.32 Å². The van der Waals surface area contributed by atoms with Crippen LogP contribution >= 0.6 is 0 Å². The van der Waals surface area contributed by atoms with Crippen molar-refractivity contribution in [1.82, 2.24) is 9.78 Å². The maximum Gasteiger partial charge on any atom is 0.248 e. The second-order valence-corrected chi connectivity index (χ2v) is 8.14. The molecule has 150 valence electrons. The van der Waals surface area contributed by atoms with Crippen LogP contribution < -0.4 is 5.32 Å². The maximum absolute atomic E-state index is 13.1. The van der Waals surface area contributed by atoms with Crippen LogP contribution in [0.2, 0.25) is 0 Å². The number of rotatable bonds is 6. The molecule has 0 spiro atoms. The van der Waals surface area contributed by atoms with Gasteiger partial charge in [-0.25, -0.2) is 13.2 Å². The molecule has 0 radical (unpaired) electrons.